The number of piperidine rings is 1. The maximum atomic E-state index is 5.98. The number of likely N-dealkylation sites (N-methyl/N-ethyl adjacent to an activating group) is 1. The van der Waals surface area contributed by atoms with E-state index in [4.69, 9.17) is 4.74 Å². The highest BCUT2D eigenvalue weighted by molar-refractivity contribution is 5.85. The molecule has 0 radical (unpaired) electrons. The fraction of sp³-hybridized carbons (Fsp3) is 0.625. The van der Waals surface area contributed by atoms with Crippen LogP contribution in [0.4, 0.5) is 0 Å². The number of halogens is 1. The van der Waals surface area contributed by atoms with Crippen LogP contribution in [0, 0.1) is 13.8 Å². The molecular weight excluding hydrogens is 272 g/mol. The van der Waals surface area contributed by atoms with Crippen LogP contribution in [0.3, 0.4) is 0 Å². The fourth-order valence-electron chi connectivity index (χ4n) is 2.80. The number of aryl methyl sites for hydroxylation is 2. The quantitative estimate of drug-likeness (QED) is 0.905. The Morgan fingerprint density at radius 3 is 2.65 bits per heavy atom. The van der Waals surface area contributed by atoms with Gasteiger partial charge in [-0.1, -0.05) is 18.2 Å². The van der Waals surface area contributed by atoms with Crippen LogP contribution >= 0.6 is 12.4 Å². The fourth-order valence-corrected chi connectivity index (χ4v) is 2.80. The van der Waals surface area contributed by atoms with Gasteiger partial charge in [0.25, 0.3) is 0 Å². The summed E-state index contributed by atoms with van der Waals surface area (Å²) in [6.45, 7) is 8.37. The van der Waals surface area contributed by atoms with E-state index in [0.717, 1.165) is 25.4 Å². The van der Waals surface area contributed by atoms with Crippen LogP contribution in [-0.2, 0) is 0 Å². The summed E-state index contributed by atoms with van der Waals surface area (Å²) in [5.41, 5.74) is 2.46. The van der Waals surface area contributed by atoms with Crippen LogP contribution in [0.15, 0.2) is 18.2 Å². The van der Waals surface area contributed by atoms with Gasteiger partial charge in [-0.3, -0.25) is 4.90 Å². The first-order chi connectivity index (χ1) is 9.20. The molecule has 1 aromatic carbocycles. The van der Waals surface area contributed by atoms with E-state index in [0.29, 0.717) is 6.04 Å². The molecule has 0 saturated carbocycles. The van der Waals surface area contributed by atoms with Crippen molar-refractivity contribution in [2.75, 3.05) is 33.3 Å². The van der Waals surface area contributed by atoms with Crippen molar-refractivity contribution in [3.63, 3.8) is 0 Å². The van der Waals surface area contributed by atoms with Crippen LogP contribution in [-0.4, -0.2) is 44.2 Å². The number of hydrogen-bond donors (Lipinski definition) is 1. The first-order valence-corrected chi connectivity index (χ1v) is 7.29. The molecule has 1 aliphatic heterocycles. The zero-order valence-electron chi connectivity index (χ0n) is 12.8. The van der Waals surface area contributed by atoms with Crippen LogP contribution in [0.2, 0.25) is 0 Å². The van der Waals surface area contributed by atoms with E-state index in [1.807, 2.05) is 0 Å². The zero-order valence-corrected chi connectivity index (χ0v) is 13.6. The largest absolute Gasteiger partial charge is 0.492 e. The van der Waals surface area contributed by atoms with E-state index in [1.165, 1.54) is 30.5 Å². The third kappa shape index (κ3) is 4.65. The van der Waals surface area contributed by atoms with Gasteiger partial charge in [-0.25, -0.2) is 0 Å². The van der Waals surface area contributed by atoms with Gasteiger partial charge in [0.05, 0.1) is 0 Å². The third-order valence-corrected chi connectivity index (χ3v) is 3.98. The molecule has 0 aromatic heterocycles. The molecule has 4 heteroatoms. The van der Waals surface area contributed by atoms with Gasteiger partial charge >= 0.3 is 0 Å². The van der Waals surface area contributed by atoms with Gasteiger partial charge in [-0.2, -0.15) is 0 Å². The van der Waals surface area contributed by atoms with Crippen molar-refractivity contribution in [2.24, 2.45) is 0 Å². The summed E-state index contributed by atoms with van der Waals surface area (Å²) in [5, 5.41) is 3.38. The van der Waals surface area contributed by atoms with Crippen molar-refractivity contribution in [3.8, 4) is 5.75 Å². The summed E-state index contributed by atoms with van der Waals surface area (Å²) in [5.74, 6) is 1.06. The number of nitrogens with zero attached hydrogens (tertiary/aromatic N) is 1. The summed E-state index contributed by atoms with van der Waals surface area (Å²) >= 11 is 0. The maximum Gasteiger partial charge on any atom is 0.125 e. The second-order valence-electron chi connectivity index (χ2n) is 5.50. The van der Waals surface area contributed by atoms with Gasteiger partial charge in [0.2, 0.25) is 0 Å². The second-order valence-corrected chi connectivity index (χ2v) is 5.50. The Kier molecular flexibility index (Phi) is 7.35. The molecule has 0 amide bonds. The van der Waals surface area contributed by atoms with E-state index in [-0.39, 0.29) is 12.4 Å². The number of likely N-dealkylation sites (tertiary alicyclic amines) is 1. The third-order valence-electron chi connectivity index (χ3n) is 3.98. The summed E-state index contributed by atoms with van der Waals surface area (Å²) in [6.07, 6.45) is 2.58. The number of ether oxygens (including phenoxy) is 1. The van der Waals surface area contributed by atoms with E-state index in [2.05, 4.69) is 49.3 Å². The topological polar surface area (TPSA) is 24.5 Å². The van der Waals surface area contributed by atoms with Gasteiger partial charge < -0.3 is 10.1 Å². The van der Waals surface area contributed by atoms with Crippen molar-refractivity contribution >= 4 is 12.4 Å². The van der Waals surface area contributed by atoms with Crippen LogP contribution < -0.4 is 10.1 Å². The Morgan fingerprint density at radius 2 is 2.00 bits per heavy atom. The SMILES string of the molecule is CNC1CCCN(CCOc2c(C)cccc2C)C1.Cl. The Labute approximate surface area is 129 Å². The standard InChI is InChI=1S/C16H26N2O.ClH/c1-13-6-4-7-14(2)16(13)19-11-10-18-9-5-8-15(12-18)17-3;/h4,6-7,15,17H,5,8-12H2,1-3H3;1H. The van der Waals surface area contributed by atoms with Crippen LogP contribution in [0.25, 0.3) is 0 Å². The van der Waals surface area contributed by atoms with Crippen molar-refractivity contribution in [1.29, 1.82) is 0 Å². The molecule has 1 heterocycles. The van der Waals surface area contributed by atoms with Gasteiger partial charge in [-0.15, -0.1) is 12.4 Å². The van der Waals surface area contributed by atoms with Crippen LogP contribution in [0.1, 0.15) is 24.0 Å². The molecule has 1 aliphatic rings. The van der Waals surface area contributed by atoms with Crippen molar-refractivity contribution in [1.82, 2.24) is 10.2 Å². The smallest absolute Gasteiger partial charge is 0.125 e. The molecule has 1 N–H and O–H groups in total. The average molecular weight is 299 g/mol. The lowest BCUT2D eigenvalue weighted by Crippen LogP contribution is -2.45. The molecule has 0 bridgehead atoms. The summed E-state index contributed by atoms with van der Waals surface area (Å²) in [6, 6.07) is 6.95. The molecule has 0 spiro atoms. The van der Waals surface area contributed by atoms with E-state index < -0.39 is 0 Å². The minimum absolute atomic E-state index is 0. The van der Waals surface area contributed by atoms with E-state index >= 15 is 0 Å². The number of nitrogens with one attached hydrogen (secondary N) is 1. The molecule has 3 nitrogen and oxygen atoms in total. The lowest BCUT2D eigenvalue weighted by molar-refractivity contribution is 0.161. The van der Waals surface area contributed by atoms with Crippen molar-refractivity contribution < 1.29 is 4.74 Å². The number of hydrogen-bond acceptors (Lipinski definition) is 3. The molecule has 1 fully saturated rings. The molecule has 1 unspecified atom stereocenters. The highest BCUT2D eigenvalue weighted by Gasteiger charge is 2.18. The maximum absolute atomic E-state index is 5.98. The lowest BCUT2D eigenvalue weighted by Gasteiger charge is -2.32. The Hall–Kier alpha value is -0.770. The van der Waals surface area contributed by atoms with E-state index in [1.54, 1.807) is 0 Å². The van der Waals surface area contributed by atoms with Crippen LogP contribution in [0.5, 0.6) is 5.75 Å². The zero-order chi connectivity index (χ0) is 13.7. The number of para-hydroxylation sites is 1. The van der Waals surface area contributed by atoms with Gasteiger partial charge in [0, 0.05) is 19.1 Å². The average Bonchev–Trinajstić information content (AvgIpc) is 2.42. The van der Waals surface area contributed by atoms with Crippen molar-refractivity contribution in [2.45, 2.75) is 32.7 Å². The van der Waals surface area contributed by atoms with Gasteiger partial charge in [0.15, 0.2) is 0 Å². The summed E-state index contributed by atoms with van der Waals surface area (Å²) < 4.78 is 5.98. The molecule has 1 aromatic rings. The summed E-state index contributed by atoms with van der Waals surface area (Å²) in [7, 11) is 2.06. The minimum Gasteiger partial charge on any atom is -0.492 e. The molecule has 114 valence electrons. The Balaban J connectivity index is 0.00000200. The molecule has 1 atom stereocenters. The lowest BCUT2D eigenvalue weighted by atomic mass is 10.1. The van der Waals surface area contributed by atoms with Gasteiger partial charge in [0.1, 0.15) is 12.4 Å². The predicted octanol–water partition coefficient (Wildman–Crippen LogP) is 2.79. The Bertz CT molecular complexity index is 391. The second kappa shape index (κ2) is 8.50. The minimum atomic E-state index is 0. The van der Waals surface area contributed by atoms with E-state index in [9.17, 15) is 0 Å². The molecule has 2 rings (SSSR count). The van der Waals surface area contributed by atoms with Gasteiger partial charge in [-0.05, 0) is 51.4 Å². The van der Waals surface area contributed by atoms with Crippen molar-refractivity contribution in [3.05, 3.63) is 29.3 Å². The molecule has 20 heavy (non-hydrogen) atoms. The first-order valence-electron chi connectivity index (χ1n) is 7.29. The Morgan fingerprint density at radius 1 is 1.30 bits per heavy atom. The number of rotatable bonds is 5. The monoisotopic (exact) mass is 298 g/mol. The molecule has 0 aliphatic carbocycles. The normalized spacial score (nSPS) is 19.4. The summed E-state index contributed by atoms with van der Waals surface area (Å²) in [4.78, 5) is 2.50. The highest BCUT2D eigenvalue weighted by atomic mass is 35.5. The molecular formula is C16H27ClN2O. The molecule has 1 saturated heterocycles. The first kappa shape index (κ1) is 17.3. The predicted molar refractivity (Wildman–Crippen MR) is 87.2 cm³/mol. The highest BCUT2D eigenvalue weighted by Crippen LogP contribution is 2.22. The number of benzene rings is 1.